The average molecular weight is 642 g/mol. The first-order valence-electron chi connectivity index (χ1n) is 16.4. The highest BCUT2D eigenvalue weighted by Gasteiger charge is 2.43. The fourth-order valence-electron chi connectivity index (χ4n) is 7.06. The Morgan fingerprint density at radius 3 is 2.06 bits per heavy atom. The summed E-state index contributed by atoms with van der Waals surface area (Å²) >= 11 is 0. The first-order valence-corrected chi connectivity index (χ1v) is 17.9. The molecule has 0 aromatic heterocycles. The van der Waals surface area contributed by atoms with Gasteiger partial charge in [0.05, 0.1) is 4.90 Å². The molecule has 5 aromatic carbocycles. The zero-order valence-corrected chi connectivity index (χ0v) is 27.0. The number of hydrogen-bond donors (Lipinski definition) is 3. The van der Waals surface area contributed by atoms with E-state index >= 15 is 0 Å². The number of nitrogen functional groups attached to an aromatic ring is 1. The molecule has 1 amide bonds. The number of benzene rings is 5. The summed E-state index contributed by atoms with van der Waals surface area (Å²) in [5.74, 6) is -0.229. The molecular weight excluding hydrogens is 603 g/mol. The lowest BCUT2D eigenvalue weighted by atomic mass is 9.94. The number of rotatable bonds is 9. The molecule has 0 bridgehead atoms. The van der Waals surface area contributed by atoms with Crippen LogP contribution in [0.3, 0.4) is 0 Å². The van der Waals surface area contributed by atoms with Gasteiger partial charge in [0.15, 0.2) is 0 Å². The van der Waals surface area contributed by atoms with Gasteiger partial charge >= 0.3 is 0 Å². The Morgan fingerprint density at radius 2 is 1.30 bits per heavy atom. The predicted octanol–water partition coefficient (Wildman–Crippen LogP) is 8.74. The van der Waals surface area contributed by atoms with Gasteiger partial charge in [0.25, 0.3) is 5.91 Å². The normalized spacial score (nSPS) is 18.0. The summed E-state index contributed by atoms with van der Waals surface area (Å²) < 4.78 is 31.3. The zero-order valence-electron chi connectivity index (χ0n) is 26.2. The van der Waals surface area contributed by atoms with Gasteiger partial charge in [0.2, 0.25) is 10.0 Å². The molecule has 6 nitrogen and oxygen atoms in total. The van der Waals surface area contributed by atoms with E-state index in [0.29, 0.717) is 16.9 Å². The Hall–Kier alpha value is -4.72. The van der Waals surface area contributed by atoms with Crippen molar-refractivity contribution in [3.05, 3.63) is 138 Å². The number of anilines is 2. The molecule has 2 unspecified atom stereocenters. The number of amides is 1. The standard InChI is InChI=1S/C40H39N3O3S/c41-37-21-11-9-20-33(37)31-18-7-8-19-32(31)35-26-36(35)34-24-23-28(25-39(34)47(45,46)43-29-15-5-2-6-16-29)40(44)42-38-22-12-10-17-30(38)27-13-3-1-4-14-27/h1,3-4,7-14,17-25,29,35-36,43H,2,5-6,15-16,26,41H2,(H,42,44). The lowest BCUT2D eigenvalue weighted by molar-refractivity contribution is 0.102. The van der Waals surface area contributed by atoms with Crippen LogP contribution < -0.4 is 15.8 Å². The van der Waals surface area contributed by atoms with Crippen molar-refractivity contribution in [3.8, 4) is 22.3 Å². The van der Waals surface area contributed by atoms with Gasteiger partial charge in [-0.2, -0.15) is 0 Å². The summed E-state index contributed by atoms with van der Waals surface area (Å²) in [4.78, 5) is 13.9. The SMILES string of the molecule is Nc1ccccc1-c1ccccc1C1CC1c1ccc(C(=O)Nc2ccccc2-c2ccccc2)cc1S(=O)(=O)NC1CCCCC1. The van der Waals surface area contributed by atoms with E-state index < -0.39 is 10.0 Å². The maximum absolute atomic E-state index is 14.1. The second-order valence-corrected chi connectivity index (χ2v) is 14.4. The maximum Gasteiger partial charge on any atom is 0.255 e. The van der Waals surface area contributed by atoms with Gasteiger partial charge in [-0.05, 0) is 77.6 Å². The highest BCUT2D eigenvalue weighted by molar-refractivity contribution is 7.89. The monoisotopic (exact) mass is 641 g/mol. The molecule has 0 radical (unpaired) electrons. The van der Waals surface area contributed by atoms with Crippen molar-refractivity contribution in [2.24, 2.45) is 0 Å². The van der Waals surface area contributed by atoms with Gasteiger partial charge in [-0.3, -0.25) is 4.79 Å². The first-order chi connectivity index (χ1) is 22.9. The Labute approximate surface area is 277 Å². The first kappa shape index (κ1) is 30.9. The van der Waals surface area contributed by atoms with Crippen LogP contribution in [0.2, 0.25) is 0 Å². The molecule has 5 aromatic rings. The summed E-state index contributed by atoms with van der Waals surface area (Å²) in [5, 5.41) is 3.05. The van der Waals surface area contributed by atoms with Crippen LogP contribution in [0, 0.1) is 0 Å². The highest BCUT2D eigenvalue weighted by Crippen LogP contribution is 2.58. The summed E-state index contributed by atoms with van der Waals surface area (Å²) in [6.07, 6.45) is 5.59. The molecule has 2 atom stereocenters. The van der Waals surface area contributed by atoms with Crippen molar-refractivity contribution < 1.29 is 13.2 Å². The van der Waals surface area contributed by atoms with Crippen LogP contribution in [0.5, 0.6) is 0 Å². The van der Waals surface area contributed by atoms with Gasteiger partial charge in [-0.1, -0.05) is 116 Å². The molecule has 4 N–H and O–H groups in total. The third-order valence-electron chi connectivity index (χ3n) is 9.55. The maximum atomic E-state index is 14.1. The van der Waals surface area contributed by atoms with Crippen LogP contribution in [-0.2, 0) is 10.0 Å². The lowest BCUT2D eigenvalue weighted by Crippen LogP contribution is -2.36. The molecule has 0 heterocycles. The van der Waals surface area contributed by atoms with Crippen molar-refractivity contribution in [1.82, 2.24) is 4.72 Å². The van der Waals surface area contributed by atoms with Gasteiger partial charge in [-0.25, -0.2) is 13.1 Å². The minimum Gasteiger partial charge on any atom is -0.398 e. The number of nitrogens with one attached hydrogen (secondary N) is 2. The van der Waals surface area contributed by atoms with Crippen molar-refractivity contribution in [3.63, 3.8) is 0 Å². The fraction of sp³-hybridized carbons (Fsp3) is 0.225. The van der Waals surface area contributed by atoms with E-state index in [1.54, 1.807) is 12.1 Å². The highest BCUT2D eigenvalue weighted by atomic mass is 32.2. The Bertz CT molecular complexity index is 2020. The average Bonchev–Trinajstić information content (AvgIpc) is 3.90. The summed E-state index contributed by atoms with van der Waals surface area (Å²) in [7, 11) is -3.90. The fourth-order valence-corrected chi connectivity index (χ4v) is 8.68. The van der Waals surface area contributed by atoms with Gasteiger partial charge < -0.3 is 11.1 Å². The third-order valence-corrected chi connectivity index (χ3v) is 11.1. The number of para-hydroxylation sites is 2. The smallest absolute Gasteiger partial charge is 0.255 e. The molecule has 2 aliphatic carbocycles. The molecule has 0 aliphatic heterocycles. The molecule has 0 spiro atoms. The Kier molecular flexibility index (Phi) is 8.67. The molecule has 0 saturated heterocycles. The second kappa shape index (κ2) is 13.2. The topological polar surface area (TPSA) is 101 Å². The van der Waals surface area contributed by atoms with E-state index in [1.165, 1.54) is 0 Å². The summed E-state index contributed by atoms with van der Waals surface area (Å²) in [5.41, 5.74) is 13.9. The molecule has 47 heavy (non-hydrogen) atoms. The van der Waals surface area contributed by atoms with Crippen molar-refractivity contribution in [1.29, 1.82) is 0 Å². The van der Waals surface area contributed by atoms with Crippen LogP contribution >= 0.6 is 0 Å². The van der Waals surface area contributed by atoms with Crippen LogP contribution in [0.4, 0.5) is 11.4 Å². The van der Waals surface area contributed by atoms with Crippen molar-refractivity contribution in [2.75, 3.05) is 11.1 Å². The Balaban J connectivity index is 1.23. The Morgan fingerprint density at radius 1 is 0.660 bits per heavy atom. The van der Waals surface area contributed by atoms with Crippen LogP contribution in [-0.4, -0.2) is 20.4 Å². The van der Waals surface area contributed by atoms with Crippen molar-refractivity contribution in [2.45, 2.75) is 61.3 Å². The minimum atomic E-state index is -3.90. The largest absolute Gasteiger partial charge is 0.398 e. The van der Waals surface area contributed by atoms with Crippen LogP contribution in [0.15, 0.2) is 126 Å². The van der Waals surface area contributed by atoms with Crippen molar-refractivity contribution >= 4 is 27.3 Å². The molecule has 2 fully saturated rings. The number of carbonyl (C=O) groups excluding carboxylic acids is 1. The molecule has 2 saturated carbocycles. The van der Waals surface area contributed by atoms with Crippen LogP contribution in [0.1, 0.15) is 71.8 Å². The quantitative estimate of drug-likeness (QED) is 0.140. The summed E-state index contributed by atoms with van der Waals surface area (Å²) in [6, 6.07) is 38.6. The minimum absolute atomic E-state index is 0.00469. The number of nitrogens with two attached hydrogens (primary N) is 1. The number of hydrogen-bond acceptors (Lipinski definition) is 4. The van der Waals surface area contributed by atoms with Gasteiger partial charge in [-0.15, -0.1) is 0 Å². The number of sulfonamides is 1. The van der Waals surface area contributed by atoms with E-state index in [4.69, 9.17) is 5.73 Å². The molecular formula is C40H39N3O3S. The van der Waals surface area contributed by atoms with Crippen LogP contribution in [0.25, 0.3) is 22.3 Å². The summed E-state index contributed by atoms with van der Waals surface area (Å²) in [6.45, 7) is 0. The molecule has 2 aliphatic rings. The van der Waals surface area contributed by atoms with E-state index in [9.17, 15) is 13.2 Å². The number of carbonyl (C=O) groups is 1. The van der Waals surface area contributed by atoms with E-state index in [0.717, 1.165) is 71.9 Å². The lowest BCUT2D eigenvalue weighted by Gasteiger charge is -2.23. The van der Waals surface area contributed by atoms with Gasteiger partial charge in [0.1, 0.15) is 0 Å². The predicted molar refractivity (Wildman–Crippen MR) is 190 cm³/mol. The van der Waals surface area contributed by atoms with E-state index in [1.807, 2.05) is 97.1 Å². The van der Waals surface area contributed by atoms with E-state index in [2.05, 4.69) is 22.2 Å². The molecule has 7 heteroatoms. The third kappa shape index (κ3) is 6.59. The molecule has 7 rings (SSSR count). The van der Waals surface area contributed by atoms with Gasteiger partial charge in [0, 0.05) is 34.1 Å². The zero-order chi connectivity index (χ0) is 32.4. The van der Waals surface area contributed by atoms with E-state index in [-0.39, 0.29) is 28.7 Å². The second-order valence-electron chi connectivity index (χ2n) is 12.7. The molecule has 238 valence electrons.